The van der Waals surface area contributed by atoms with Crippen LogP contribution in [0.5, 0.6) is 0 Å². The fourth-order valence-electron chi connectivity index (χ4n) is 17.6. The molecule has 0 saturated carbocycles. The van der Waals surface area contributed by atoms with Gasteiger partial charge in [-0.15, -0.1) is 0 Å². The lowest BCUT2D eigenvalue weighted by Crippen LogP contribution is -2.29. The second kappa shape index (κ2) is 35.5. The number of nitrogens with zero attached hydrogens (tertiary/aromatic N) is 4. The van der Waals surface area contributed by atoms with Gasteiger partial charge in [0.2, 0.25) is 0 Å². The molecular weight excluding hydrogens is 2000 g/mol. The number of fused-ring (bicyclic) bond motifs is 27. The van der Waals surface area contributed by atoms with Crippen LogP contribution in [0.15, 0.2) is 414 Å². The summed E-state index contributed by atoms with van der Waals surface area (Å²) in [5.74, 6) is 0. The van der Waals surface area contributed by atoms with Crippen molar-refractivity contribution in [1.82, 2.24) is 14.1 Å². The van der Waals surface area contributed by atoms with Crippen LogP contribution in [0.2, 0.25) is 5.02 Å². The summed E-state index contributed by atoms with van der Waals surface area (Å²) < 4.78 is 39.1. The Kier molecular flexibility index (Phi) is 22.7. The van der Waals surface area contributed by atoms with Gasteiger partial charge in [0.1, 0.15) is 55.8 Å². The molecule has 0 aliphatic carbocycles. The van der Waals surface area contributed by atoms with Crippen molar-refractivity contribution in [3.8, 4) is 22.5 Å². The number of aromatic amines is 1. The molecule has 0 aliphatic heterocycles. The third kappa shape index (κ3) is 15.6. The highest BCUT2D eigenvalue weighted by Gasteiger charge is 2.26. The maximum Gasteiger partial charge on any atom is 0.492 e. The van der Waals surface area contributed by atoms with Crippen LogP contribution in [-0.4, -0.2) is 41.1 Å². The van der Waals surface area contributed by atoms with E-state index in [0.29, 0.717) is 40.6 Å². The minimum atomic E-state index is -1.51. The zero-order chi connectivity index (χ0) is 90.1. The fraction of sp³-hybridized carbons (Fsp3) is 0. The van der Waals surface area contributed by atoms with Crippen LogP contribution in [0.1, 0.15) is 0 Å². The fourth-order valence-corrected chi connectivity index (χ4v) is 19.6. The molecule has 26 rings (SSSR count). The Morgan fingerprint density at radius 1 is 0.318 bits per heavy atom. The van der Waals surface area contributed by atoms with E-state index < -0.39 is 12.0 Å². The van der Waals surface area contributed by atoms with E-state index in [4.69, 9.17) is 33.7 Å². The number of nitrogens with one attached hydrogen (secondary N) is 2. The molecule has 0 unspecified atom stereocenters. The first-order valence-electron chi connectivity index (χ1n) is 41.7. The summed E-state index contributed by atoms with van der Waals surface area (Å²) in [6.45, 7) is 0. The van der Waals surface area contributed by atoms with E-state index in [1.165, 1.54) is 39.2 Å². The van der Waals surface area contributed by atoms with E-state index in [2.05, 4.69) is 269 Å². The predicted octanol–water partition coefficient (Wildman–Crippen LogP) is 32.8. The normalized spacial score (nSPS) is 11.5. The van der Waals surface area contributed by atoms with E-state index in [1.54, 1.807) is 36.4 Å². The molecule has 0 bridgehead atoms. The van der Waals surface area contributed by atoms with Gasteiger partial charge in [-0.2, -0.15) is 0 Å². The Hall–Kier alpha value is -14.4. The van der Waals surface area contributed by atoms with Crippen molar-refractivity contribution in [3.05, 3.63) is 418 Å². The Balaban J connectivity index is 0.0000000983. The molecule has 8 heterocycles. The van der Waals surface area contributed by atoms with Crippen molar-refractivity contribution in [2.24, 2.45) is 0 Å². The zero-order valence-corrected chi connectivity index (χ0v) is 77.6. The van der Waals surface area contributed by atoms with Gasteiger partial charge in [0, 0.05) is 134 Å². The van der Waals surface area contributed by atoms with Crippen LogP contribution in [0.3, 0.4) is 0 Å². The molecule has 132 heavy (non-hydrogen) atoms. The summed E-state index contributed by atoms with van der Waals surface area (Å²) in [7, 11) is -1.51. The molecule has 18 aromatic carbocycles. The predicted molar refractivity (Wildman–Crippen MR) is 555 cm³/mol. The highest BCUT2D eigenvalue weighted by Crippen LogP contribution is 2.47. The van der Waals surface area contributed by atoms with Crippen LogP contribution >= 0.6 is 91.3 Å². The van der Waals surface area contributed by atoms with E-state index in [9.17, 15) is 30.3 Å². The summed E-state index contributed by atoms with van der Waals surface area (Å²) in [5, 5.41) is 62.1. The number of nitro benzene ring substituents is 2. The number of furan rings is 5. The van der Waals surface area contributed by atoms with Gasteiger partial charge >= 0.3 is 7.12 Å². The maximum atomic E-state index is 11.4. The average Bonchev–Trinajstić information content (AvgIpc) is 1.57. The SMILES string of the molecule is Brc1ccc2c(c1)[nH]c1ccc3c4ccccc4oc3c12.Brc1ccc2c3c4oc5ccccc5c4ccc3n(-c3ccccc3)c2c1.Clc1ccccc1Nc1ccc2c3c4oc5ccccc5c4ccc3n(-c3ccccc3)c2c1.O=[N+]([O-])c1cc(Br)ccc1-c1cccc2c1oc1ccccc12.O=[N+]([O-])c1cc(Br)ccc1Br.OB(O)c1cccc2c1oc1ccccc12. The van der Waals surface area contributed by atoms with Gasteiger partial charge in [-0.25, -0.2) is 0 Å². The Morgan fingerprint density at radius 2 is 0.712 bits per heavy atom. The van der Waals surface area contributed by atoms with Crippen molar-refractivity contribution in [2.75, 3.05) is 5.32 Å². The van der Waals surface area contributed by atoms with Crippen LogP contribution in [0, 0.1) is 20.2 Å². The van der Waals surface area contributed by atoms with Gasteiger partial charge in [0.25, 0.3) is 11.4 Å². The number of rotatable bonds is 8. The zero-order valence-electron chi connectivity index (χ0n) is 68.9. The molecule has 0 fully saturated rings. The first-order valence-corrected chi connectivity index (χ1v) is 46.0. The molecule has 0 saturated heterocycles. The quantitative estimate of drug-likeness (QED) is 0.0632. The van der Waals surface area contributed by atoms with E-state index in [0.717, 1.165) is 174 Å². The van der Waals surface area contributed by atoms with Gasteiger partial charge in [0.15, 0.2) is 0 Å². The highest BCUT2D eigenvalue weighted by molar-refractivity contribution is 9.11. The summed E-state index contributed by atoms with van der Waals surface area (Å²) >= 11 is 23.1. The monoisotopic (exact) mass is 2060 g/mol. The minimum Gasteiger partial charge on any atom is -0.456 e. The first kappa shape index (κ1) is 84.5. The smallest absolute Gasteiger partial charge is 0.456 e. The lowest BCUT2D eigenvalue weighted by atomic mass is 9.79. The minimum absolute atomic E-state index is 0.0485. The molecule has 0 radical (unpaired) electrons. The largest absolute Gasteiger partial charge is 0.492 e. The molecule has 0 spiro atoms. The second-order valence-electron chi connectivity index (χ2n) is 31.2. The molecule has 24 heteroatoms. The number of hydrogen-bond donors (Lipinski definition) is 4. The van der Waals surface area contributed by atoms with Gasteiger partial charge in [-0.05, 0) is 186 Å². The molecule has 0 amide bonds. The van der Waals surface area contributed by atoms with Crippen LogP contribution in [-0.2, 0) is 0 Å². The van der Waals surface area contributed by atoms with Gasteiger partial charge < -0.3 is 51.6 Å². The Bertz CT molecular complexity index is 9080. The van der Waals surface area contributed by atoms with Crippen LogP contribution < -0.4 is 10.8 Å². The van der Waals surface area contributed by atoms with Gasteiger partial charge in [0.05, 0.1) is 74.3 Å². The second-order valence-corrected chi connectivity index (χ2v) is 36.2. The van der Waals surface area contributed by atoms with Gasteiger partial charge in [-0.1, -0.05) is 263 Å². The van der Waals surface area contributed by atoms with Crippen LogP contribution in [0.25, 0.3) is 198 Å². The van der Waals surface area contributed by atoms with Crippen molar-refractivity contribution < 1.29 is 42.0 Å². The third-order valence-corrected chi connectivity index (χ3v) is 26.4. The molecule has 17 nitrogen and oxygen atoms in total. The third-order valence-electron chi connectivity index (χ3n) is 23.4. The number of halogens is 6. The summed E-state index contributed by atoms with van der Waals surface area (Å²) in [5.41, 5.74) is 21.0. The maximum absolute atomic E-state index is 11.4. The number of benzene rings is 18. The molecule has 0 atom stereocenters. The van der Waals surface area contributed by atoms with Gasteiger partial charge in [-0.3, -0.25) is 20.2 Å². The standard InChI is InChI=1S/C30H19ClN2O.C24H14BrNO.C18H10BrNO3.C18H10BrNO.C12H9BO3.C6H3Br2NO2/c31-24-11-5-6-12-25(24)32-19-14-15-23-27(18-19)33(20-8-2-1-3-9-20)26-17-16-22-21-10-4-7-13-28(21)34-30(22)29(23)26;25-15-10-11-19-21(14-15)26(16-6-2-1-3-7-16)20-13-12-18-17-8-4-5-9-22(17)27-24(18)23(19)20;19-11-8-9-12(16(10-11)20(21)22)14-5-3-6-15-13-4-1-2-7-17(13)23-18(14)15;19-10-5-6-13-15(9-10)20-14-8-7-12-11-3-1-2-4-16(11)21-18(12)17(13)14;14-13(15)10-6-3-5-9-8-4-1-2-7-11(8)16-12(9)10;7-4-1-2-5(8)6(3-4)9(10)11/h1-18,32H;1-14H;1-10H;1-9,20H;1-7,14-15H;1-3H. The number of nitro groups is 2. The lowest BCUT2D eigenvalue weighted by molar-refractivity contribution is -0.385. The summed E-state index contributed by atoms with van der Waals surface area (Å²) in [6, 6.07) is 122. The molecular formula is C108H65BBr5ClN6O11. The lowest BCUT2D eigenvalue weighted by Gasteiger charge is -2.11. The Labute approximate surface area is 796 Å². The highest BCUT2D eigenvalue weighted by atomic mass is 79.9. The average molecular weight is 2070 g/mol. The summed E-state index contributed by atoms with van der Waals surface area (Å²) in [4.78, 5) is 24.4. The van der Waals surface area contributed by atoms with Crippen molar-refractivity contribution >= 4 is 302 Å². The molecule has 0 aliphatic rings. The van der Waals surface area contributed by atoms with E-state index >= 15 is 0 Å². The number of para-hydroxylation sites is 10. The molecule has 4 N–H and O–H groups in total. The molecule has 638 valence electrons. The van der Waals surface area contributed by atoms with Crippen molar-refractivity contribution in [3.63, 3.8) is 0 Å². The van der Waals surface area contributed by atoms with Crippen LogP contribution in [0.4, 0.5) is 22.7 Å². The molecule has 26 aromatic rings. The van der Waals surface area contributed by atoms with E-state index in [1.807, 2.05) is 152 Å². The summed E-state index contributed by atoms with van der Waals surface area (Å²) in [6.07, 6.45) is 0. The van der Waals surface area contributed by atoms with Crippen molar-refractivity contribution in [2.45, 2.75) is 0 Å². The van der Waals surface area contributed by atoms with Crippen molar-refractivity contribution in [1.29, 1.82) is 0 Å². The topological polar surface area (TPSA) is 230 Å². The number of hydrogen-bond acceptors (Lipinski definition) is 12. The first-order chi connectivity index (χ1) is 64.4. The number of H-pyrrole nitrogens is 1. The number of anilines is 2. The molecule has 8 aromatic heterocycles. The van der Waals surface area contributed by atoms with E-state index in [-0.39, 0.29) is 16.3 Å². The number of aromatic nitrogens is 3. The Morgan fingerprint density at radius 3 is 1.23 bits per heavy atom.